The Bertz CT molecular complexity index is 373. The van der Waals surface area contributed by atoms with E-state index in [1.165, 1.54) is 0 Å². The second-order valence-corrected chi connectivity index (χ2v) is 4.77. The topological polar surface area (TPSA) is 45.6 Å². The Morgan fingerprint density at radius 3 is 3.19 bits per heavy atom. The first-order valence-corrected chi connectivity index (χ1v) is 6.09. The lowest BCUT2D eigenvalue weighted by Gasteiger charge is -2.33. The normalized spacial score (nSPS) is 21.2. The van der Waals surface area contributed by atoms with Crippen LogP contribution < -0.4 is 4.90 Å². The van der Waals surface area contributed by atoms with Crippen molar-refractivity contribution in [3.05, 3.63) is 22.3 Å². The minimum Gasteiger partial charge on any atom is -0.394 e. The number of halogens is 1. The van der Waals surface area contributed by atoms with Crippen LogP contribution in [0.15, 0.2) is 16.7 Å². The zero-order valence-corrected chi connectivity index (χ0v) is 10.8. The Balaban J connectivity index is 2.13. The molecule has 1 aliphatic rings. The van der Waals surface area contributed by atoms with E-state index < -0.39 is 0 Å². The lowest BCUT2D eigenvalue weighted by atomic mass is 10.2. The van der Waals surface area contributed by atoms with Crippen LogP contribution >= 0.6 is 15.9 Å². The summed E-state index contributed by atoms with van der Waals surface area (Å²) in [5.74, 6) is 0.947. The van der Waals surface area contributed by atoms with E-state index in [0.717, 1.165) is 22.4 Å². The summed E-state index contributed by atoms with van der Waals surface area (Å²) in [6.07, 6.45) is 1.72. The van der Waals surface area contributed by atoms with Crippen molar-refractivity contribution in [3.63, 3.8) is 0 Å². The smallest absolute Gasteiger partial charge is 0.128 e. The van der Waals surface area contributed by atoms with Crippen LogP contribution in [-0.4, -0.2) is 42.5 Å². The van der Waals surface area contributed by atoms with Gasteiger partial charge in [0.15, 0.2) is 0 Å². The van der Waals surface area contributed by atoms with Crippen LogP contribution in [0.4, 0.5) is 5.82 Å². The maximum atomic E-state index is 9.07. The summed E-state index contributed by atoms with van der Waals surface area (Å²) >= 11 is 3.43. The Kier molecular flexibility index (Phi) is 3.78. The van der Waals surface area contributed by atoms with Gasteiger partial charge in [-0.3, -0.25) is 0 Å². The largest absolute Gasteiger partial charge is 0.394 e. The molecule has 5 heteroatoms. The molecule has 0 aromatic carbocycles. The van der Waals surface area contributed by atoms with Gasteiger partial charge in [-0.2, -0.15) is 0 Å². The van der Waals surface area contributed by atoms with Crippen LogP contribution in [0.5, 0.6) is 0 Å². The van der Waals surface area contributed by atoms with Crippen molar-refractivity contribution in [3.8, 4) is 0 Å². The highest BCUT2D eigenvalue weighted by Gasteiger charge is 2.20. The summed E-state index contributed by atoms with van der Waals surface area (Å²) in [6.45, 7) is 4.27. The third kappa shape index (κ3) is 2.53. The van der Waals surface area contributed by atoms with Gasteiger partial charge in [0.05, 0.1) is 19.3 Å². The summed E-state index contributed by atoms with van der Waals surface area (Å²) in [7, 11) is 0. The molecule has 1 atom stereocenters. The number of rotatable bonds is 2. The van der Waals surface area contributed by atoms with Gasteiger partial charge < -0.3 is 14.7 Å². The van der Waals surface area contributed by atoms with Crippen molar-refractivity contribution in [2.75, 3.05) is 31.2 Å². The van der Waals surface area contributed by atoms with Gasteiger partial charge >= 0.3 is 0 Å². The number of pyridine rings is 1. The monoisotopic (exact) mass is 286 g/mol. The summed E-state index contributed by atoms with van der Waals surface area (Å²) in [6, 6.07) is 2.05. The maximum absolute atomic E-state index is 9.07. The van der Waals surface area contributed by atoms with E-state index in [9.17, 15) is 0 Å². The number of hydrogen-bond acceptors (Lipinski definition) is 4. The fraction of sp³-hybridized carbons (Fsp3) is 0.545. The molecule has 1 unspecified atom stereocenters. The van der Waals surface area contributed by atoms with Gasteiger partial charge in [-0.05, 0) is 34.5 Å². The molecule has 1 aromatic rings. The predicted octanol–water partition coefficient (Wildman–Crippen LogP) is 1.35. The maximum Gasteiger partial charge on any atom is 0.128 e. The first kappa shape index (κ1) is 11.8. The first-order valence-electron chi connectivity index (χ1n) is 5.30. The zero-order chi connectivity index (χ0) is 11.5. The lowest BCUT2D eigenvalue weighted by molar-refractivity contribution is 0.00336. The minimum atomic E-state index is -0.0977. The first-order chi connectivity index (χ1) is 7.70. The fourth-order valence-electron chi connectivity index (χ4n) is 1.74. The molecule has 1 N–H and O–H groups in total. The van der Waals surface area contributed by atoms with E-state index in [0.29, 0.717) is 13.2 Å². The number of morpholine rings is 1. The number of aliphatic hydroxyl groups excluding tert-OH is 1. The van der Waals surface area contributed by atoms with Gasteiger partial charge in [0.2, 0.25) is 0 Å². The number of anilines is 1. The Labute approximate surface area is 103 Å². The van der Waals surface area contributed by atoms with Gasteiger partial charge in [0.25, 0.3) is 0 Å². The molecule has 0 aliphatic carbocycles. The van der Waals surface area contributed by atoms with Crippen molar-refractivity contribution < 1.29 is 9.84 Å². The Morgan fingerprint density at radius 2 is 2.50 bits per heavy atom. The molecule has 1 fully saturated rings. The number of aromatic nitrogens is 1. The summed E-state index contributed by atoms with van der Waals surface area (Å²) in [5, 5.41) is 9.07. The number of nitrogens with zero attached hydrogens (tertiary/aromatic N) is 2. The summed E-state index contributed by atoms with van der Waals surface area (Å²) < 4.78 is 6.42. The Hall–Kier alpha value is -0.650. The van der Waals surface area contributed by atoms with E-state index in [4.69, 9.17) is 9.84 Å². The molecule has 0 amide bonds. The van der Waals surface area contributed by atoms with Crippen molar-refractivity contribution in [1.82, 2.24) is 4.98 Å². The molecule has 16 heavy (non-hydrogen) atoms. The van der Waals surface area contributed by atoms with E-state index in [2.05, 4.69) is 25.8 Å². The molecule has 1 aliphatic heterocycles. The average molecular weight is 287 g/mol. The molecule has 2 heterocycles. The SMILES string of the molecule is Cc1cc(N2CCOC(CO)C2)ncc1Br. The van der Waals surface area contributed by atoms with Gasteiger partial charge in [0, 0.05) is 23.8 Å². The van der Waals surface area contributed by atoms with Gasteiger partial charge in [-0.1, -0.05) is 0 Å². The van der Waals surface area contributed by atoms with Gasteiger partial charge in [0.1, 0.15) is 5.82 Å². The van der Waals surface area contributed by atoms with Gasteiger partial charge in [-0.25, -0.2) is 4.98 Å². The molecule has 0 bridgehead atoms. The quantitative estimate of drug-likeness (QED) is 0.892. The van der Waals surface area contributed by atoms with E-state index >= 15 is 0 Å². The third-order valence-electron chi connectivity index (χ3n) is 2.70. The molecule has 0 spiro atoms. The molecule has 2 rings (SSSR count). The molecule has 1 saturated heterocycles. The number of ether oxygens (including phenoxy) is 1. The standard InChI is InChI=1S/C11H15BrN2O2/c1-8-4-11(13-5-10(8)12)14-2-3-16-9(6-14)7-15/h4-5,9,15H,2-3,6-7H2,1H3. The number of hydrogen-bond donors (Lipinski definition) is 1. The third-order valence-corrected chi connectivity index (χ3v) is 3.53. The molecule has 0 radical (unpaired) electrons. The van der Waals surface area contributed by atoms with Crippen molar-refractivity contribution in [1.29, 1.82) is 0 Å². The van der Waals surface area contributed by atoms with Crippen LogP contribution in [-0.2, 0) is 4.74 Å². The minimum absolute atomic E-state index is 0.0615. The molecular formula is C11H15BrN2O2. The molecule has 1 aromatic heterocycles. The molecule has 0 saturated carbocycles. The highest BCUT2D eigenvalue weighted by molar-refractivity contribution is 9.10. The lowest BCUT2D eigenvalue weighted by Crippen LogP contribution is -2.44. The van der Waals surface area contributed by atoms with Crippen LogP contribution in [0.3, 0.4) is 0 Å². The number of aliphatic hydroxyl groups is 1. The summed E-state index contributed by atoms with van der Waals surface area (Å²) in [4.78, 5) is 6.52. The van der Waals surface area contributed by atoms with E-state index in [1.54, 1.807) is 0 Å². The van der Waals surface area contributed by atoms with Crippen LogP contribution in [0.25, 0.3) is 0 Å². The second kappa shape index (κ2) is 5.12. The highest BCUT2D eigenvalue weighted by atomic mass is 79.9. The van der Waals surface area contributed by atoms with Crippen molar-refractivity contribution >= 4 is 21.7 Å². The van der Waals surface area contributed by atoms with E-state index in [-0.39, 0.29) is 12.7 Å². The molecule has 4 nitrogen and oxygen atoms in total. The van der Waals surface area contributed by atoms with Crippen LogP contribution in [0.1, 0.15) is 5.56 Å². The number of aryl methyl sites for hydroxylation is 1. The molecule has 88 valence electrons. The summed E-state index contributed by atoms with van der Waals surface area (Å²) in [5.41, 5.74) is 1.16. The Morgan fingerprint density at radius 1 is 1.69 bits per heavy atom. The van der Waals surface area contributed by atoms with Crippen molar-refractivity contribution in [2.24, 2.45) is 0 Å². The van der Waals surface area contributed by atoms with Crippen LogP contribution in [0.2, 0.25) is 0 Å². The second-order valence-electron chi connectivity index (χ2n) is 3.91. The zero-order valence-electron chi connectivity index (χ0n) is 9.19. The average Bonchev–Trinajstić information content (AvgIpc) is 2.33. The van der Waals surface area contributed by atoms with E-state index in [1.807, 2.05) is 19.2 Å². The van der Waals surface area contributed by atoms with Crippen molar-refractivity contribution in [2.45, 2.75) is 13.0 Å². The van der Waals surface area contributed by atoms with Crippen LogP contribution in [0, 0.1) is 6.92 Å². The van der Waals surface area contributed by atoms with Gasteiger partial charge in [-0.15, -0.1) is 0 Å². The fourth-order valence-corrected chi connectivity index (χ4v) is 1.95. The predicted molar refractivity (Wildman–Crippen MR) is 65.7 cm³/mol. The molecular weight excluding hydrogens is 272 g/mol. The highest BCUT2D eigenvalue weighted by Crippen LogP contribution is 2.21.